The van der Waals surface area contributed by atoms with Gasteiger partial charge < -0.3 is 10.2 Å². The molecule has 0 radical (unpaired) electrons. The van der Waals surface area contributed by atoms with Crippen LogP contribution in [0, 0.1) is 6.92 Å². The number of hydrogen-bond acceptors (Lipinski definition) is 2. The van der Waals surface area contributed by atoms with Gasteiger partial charge in [0, 0.05) is 39.3 Å². The fourth-order valence-corrected chi connectivity index (χ4v) is 9.51. The lowest BCUT2D eigenvalue weighted by atomic mass is 9.54. The molecule has 0 fully saturated rings. The predicted octanol–water partition coefficient (Wildman–Crippen LogP) is 8.64. The SMILES string of the molecule is Bc1ccc(Nc2c(-c3ccccc3)cccc2-c2c3c(cc4c2-c2ccccc2C4)N2C4=CCCC=C4C(C)(C)c4cccc(c42)B3)c(C)c1. The van der Waals surface area contributed by atoms with E-state index in [1.165, 1.54) is 94.7 Å². The van der Waals surface area contributed by atoms with Gasteiger partial charge in [-0.15, -0.1) is 0 Å². The van der Waals surface area contributed by atoms with Crippen molar-refractivity contribution in [1.82, 2.24) is 0 Å². The molecular formula is C47H40B2N2. The summed E-state index contributed by atoms with van der Waals surface area (Å²) in [4.78, 5) is 2.66. The molecule has 4 aliphatic rings. The number of allylic oxidation sites excluding steroid dienone is 3. The van der Waals surface area contributed by atoms with Gasteiger partial charge in [-0.1, -0.05) is 140 Å². The van der Waals surface area contributed by atoms with Gasteiger partial charge in [0.15, 0.2) is 7.28 Å². The van der Waals surface area contributed by atoms with E-state index in [-0.39, 0.29) is 5.41 Å². The molecule has 0 aromatic heterocycles. The van der Waals surface area contributed by atoms with E-state index in [0.717, 1.165) is 37.9 Å². The number of anilines is 4. The van der Waals surface area contributed by atoms with Gasteiger partial charge in [0.25, 0.3) is 0 Å². The second-order valence-corrected chi connectivity index (χ2v) is 15.4. The summed E-state index contributed by atoms with van der Waals surface area (Å²) in [6.45, 7) is 7.06. The number of aryl methyl sites for hydroxylation is 1. The first-order chi connectivity index (χ1) is 24.9. The minimum absolute atomic E-state index is 0.0472. The Hall–Kier alpha value is -5.47. The van der Waals surface area contributed by atoms with Crippen molar-refractivity contribution in [3.63, 3.8) is 0 Å². The first kappa shape index (κ1) is 30.4. The van der Waals surface area contributed by atoms with Crippen LogP contribution in [0.25, 0.3) is 33.4 Å². The summed E-state index contributed by atoms with van der Waals surface area (Å²) >= 11 is 0. The van der Waals surface area contributed by atoms with E-state index < -0.39 is 0 Å². The van der Waals surface area contributed by atoms with E-state index in [0.29, 0.717) is 0 Å². The summed E-state index contributed by atoms with van der Waals surface area (Å²) in [5.41, 5.74) is 25.2. The third-order valence-corrected chi connectivity index (χ3v) is 11.9. The van der Waals surface area contributed by atoms with E-state index in [2.05, 4.69) is 166 Å². The molecule has 0 saturated heterocycles. The Bertz CT molecular complexity index is 2510. The second kappa shape index (κ2) is 11.3. The summed E-state index contributed by atoms with van der Waals surface area (Å²) in [5, 5.41) is 4.04. The average molecular weight is 654 g/mol. The zero-order valence-electron chi connectivity index (χ0n) is 29.9. The maximum atomic E-state index is 4.04. The van der Waals surface area contributed by atoms with Gasteiger partial charge in [-0.25, -0.2) is 0 Å². The van der Waals surface area contributed by atoms with Crippen LogP contribution < -0.4 is 26.6 Å². The van der Waals surface area contributed by atoms with Gasteiger partial charge in [-0.3, -0.25) is 0 Å². The Morgan fingerprint density at radius 1 is 0.725 bits per heavy atom. The van der Waals surface area contributed by atoms with Gasteiger partial charge >= 0.3 is 0 Å². The Kier molecular flexibility index (Phi) is 6.71. The summed E-state index contributed by atoms with van der Waals surface area (Å²) < 4.78 is 0. The molecule has 0 saturated carbocycles. The molecule has 0 spiro atoms. The van der Waals surface area contributed by atoms with Gasteiger partial charge in [-0.05, 0) is 93.9 Å². The van der Waals surface area contributed by atoms with Crippen molar-refractivity contribution in [2.45, 2.75) is 45.4 Å². The molecule has 51 heavy (non-hydrogen) atoms. The maximum Gasteiger partial charge on any atom is 0.198 e. The van der Waals surface area contributed by atoms with Gasteiger partial charge in [-0.2, -0.15) is 0 Å². The molecule has 0 atom stereocenters. The largest absolute Gasteiger partial charge is 0.354 e. The summed E-state index contributed by atoms with van der Waals surface area (Å²) in [6, 6.07) is 43.2. The number of nitrogens with one attached hydrogen (secondary N) is 1. The lowest BCUT2D eigenvalue weighted by Crippen LogP contribution is -2.48. The molecule has 10 rings (SSSR count). The van der Waals surface area contributed by atoms with Gasteiger partial charge in [0.05, 0.1) is 5.69 Å². The van der Waals surface area contributed by atoms with Crippen molar-refractivity contribution < 1.29 is 0 Å². The van der Waals surface area contributed by atoms with E-state index in [9.17, 15) is 0 Å². The summed E-state index contributed by atoms with van der Waals surface area (Å²) in [7, 11) is 3.06. The molecule has 0 bridgehead atoms. The fraction of sp³-hybridized carbons (Fsp3) is 0.149. The fourth-order valence-electron chi connectivity index (χ4n) is 9.51. The molecule has 244 valence electrons. The Labute approximate surface area is 303 Å². The third-order valence-electron chi connectivity index (χ3n) is 11.9. The third kappa shape index (κ3) is 4.52. The molecule has 2 nitrogen and oxygen atoms in total. The first-order valence-electron chi connectivity index (χ1n) is 18.5. The van der Waals surface area contributed by atoms with E-state index in [4.69, 9.17) is 0 Å². The minimum Gasteiger partial charge on any atom is -0.354 e. The second-order valence-electron chi connectivity index (χ2n) is 15.4. The highest BCUT2D eigenvalue weighted by atomic mass is 15.2. The highest BCUT2D eigenvalue weighted by molar-refractivity contribution is 6.73. The normalized spacial score (nSPS) is 15.7. The maximum absolute atomic E-state index is 4.04. The zero-order chi connectivity index (χ0) is 34.4. The Morgan fingerprint density at radius 2 is 1.49 bits per heavy atom. The molecule has 2 aliphatic heterocycles. The minimum atomic E-state index is -0.0472. The molecule has 0 amide bonds. The molecule has 0 unspecified atom stereocenters. The average Bonchev–Trinajstić information content (AvgIpc) is 3.52. The van der Waals surface area contributed by atoms with Crippen LogP contribution in [0.5, 0.6) is 0 Å². The van der Waals surface area contributed by atoms with Crippen LogP contribution in [0.4, 0.5) is 22.7 Å². The first-order valence-corrected chi connectivity index (χ1v) is 18.5. The number of para-hydroxylation sites is 2. The molecule has 2 aliphatic carbocycles. The van der Waals surface area contributed by atoms with Crippen molar-refractivity contribution in [3.05, 3.63) is 161 Å². The van der Waals surface area contributed by atoms with E-state index in [1.54, 1.807) is 0 Å². The summed E-state index contributed by atoms with van der Waals surface area (Å²) in [6.07, 6.45) is 8.14. The lowest BCUT2D eigenvalue weighted by molar-refractivity contribution is 0.603. The van der Waals surface area contributed by atoms with Gasteiger partial charge in [0.2, 0.25) is 0 Å². The van der Waals surface area contributed by atoms with E-state index >= 15 is 0 Å². The van der Waals surface area contributed by atoms with Crippen LogP contribution >= 0.6 is 0 Å². The van der Waals surface area contributed by atoms with Crippen LogP contribution in [-0.4, -0.2) is 15.1 Å². The van der Waals surface area contributed by atoms with Crippen molar-refractivity contribution in [2.75, 3.05) is 10.2 Å². The molecule has 1 N–H and O–H groups in total. The van der Waals surface area contributed by atoms with Crippen LogP contribution in [0.1, 0.15) is 48.9 Å². The molecule has 2 heterocycles. The standard InChI is InChI=1S/C47H40B2N2/c1-28-25-32(48)23-24-39(28)50-45-34(29-13-5-4-6-14-29)17-11-18-35(45)43-42-31(26-30-15-7-8-16-33(30)42)27-41-44(43)49-38-21-12-20-37-46(38)51(41)40-22-10-9-19-36(40)47(37,2)3/h4-8,11-25,27,49-50H,9-10,26,48H2,1-3H3. The lowest BCUT2D eigenvalue weighted by Gasteiger charge is -2.49. The number of nitrogens with zero attached hydrogens (tertiary/aromatic N) is 1. The van der Waals surface area contributed by atoms with Crippen molar-refractivity contribution in [2.24, 2.45) is 0 Å². The number of hydrogen-bond donors (Lipinski definition) is 1. The molecule has 4 heteroatoms. The van der Waals surface area contributed by atoms with Crippen LogP contribution in [0.15, 0.2) is 139 Å². The Morgan fingerprint density at radius 3 is 2.35 bits per heavy atom. The highest BCUT2D eigenvalue weighted by Crippen LogP contribution is 2.55. The topological polar surface area (TPSA) is 15.3 Å². The van der Waals surface area contributed by atoms with Gasteiger partial charge in [0.1, 0.15) is 7.85 Å². The number of rotatable bonds is 4. The van der Waals surface area contributed by atoms with Crippen molar-refractivity contribution in [3.8, 4) is 33.4 Å². The predicted molar refractivity (Wildman–Crippen MR) is 222 cm³/mol. The smallest absolute Gasteiger partial charge is 0.198 e. The quantitative estimate of drug-likeness (QED) is 0.191. The number of fused-ring (bicyclic) bond motifs is 7. The number of benzene rings is 6. The summed E-state index contributed by atoms with van der Waals surface area (Å²) in [5.74, 6) is 0. The Balaban J connectivity index is 1.30. The molecular weight excluding hydrogens is 614 g/mol. The highest BCUT2D eigenvalue weighted by Gasteiger charge is 2.44. The zero-order valence-corrected chi connectivity index (χ0v) is 29.9. The van der Waals surface area contributed by atoms with Crippen LogP contribution in [0.3, 0.4) is 0 Å². The van der Waals surface area contributed by atoms with Crippen LogP contribution in [-0.2, 0) is 11.8 Å². The van der Waals surface area contributed by atoms with Crippen molar-refractivity contribution >= 4 is 54.3 Å². The molecule has 6 aromatic carbocycles. The van der Waals surface area contributed by atoms with Crippen LogP contribution in [0.2, 0.25) is 0 Å². The van der Waals surface area contributed by atoms with Crippen molar-refractivity contribution in [1.29, 1.82) is 0 Å². The van der Waals surface area contributed by atoms with E-state index in [1.807, 2.05) is 0 Å². The molecule has 6 aromatic rings. The monoisotopic (exact) mass is 654 g/mol.